The fourth-order valence-electron chi connectivity index (χ4n) is 3.64. The lowest BCUT2D eigenvalue weighted by atomic mass is 9.98. The second kappa shape index (κ2) is 10.6. The largest absolute Gasteiger partial charge is 0.374 e. The van der Waals surface area contributed by atoms with Gasteiger partial charge in [0.05, 0.1) is 12.7 Å². The first kappa shape index (κ1) is 20.9. The quantitative estimate of drug-likeness (QED) is 0.635. The molecule has 0 spiro atoms. The number of carbonyl (C=O) groups excluding carboxylic acids is 2. The van der Waals surface area contributed by atoms with Crippen LogP contribution in [0.2, 0.25) is 0 Å². The molecule has 1 aliphatic carbocycles. The van der Waals surface area contributed by atoms with Gasteiger partial charge in [0.1, 0.15) is 6.04 Å². The first-order chi connectivity index (χ1) is 14.1. The highest BCUT2D eigenvalue weighted by molar-refractivity contribution is 5.97. The topological polar surface area (TPSA) is 93.5 Å². The Morgan fingerprint density at radius 2 is 1.72 bits per heavy atom. The number of nitrogens with one attached hydrogen (secondary N) is 2. The molecule has 1 unspecified atom stereocenters. The van der Waals surface area contributed by atoms with Crippen LogP contribution in [-0.2, 0) is 22.6 Å². The number of anilines is 1. The molecule has 2 aromatic rings. The molecule has 1 saturated carbocycles. The van der Waals surface area contributed by atoms with Gasteiger partial charge in [-0.05, 0) is 36.1 Å². The van der Waals surface area contributed by atoms with Crippen molar-refractivity contribution in [2.75, 3.05) is 5.32 Å². The lowest BCUT2D eigenvalue weighted by Crippen LogP contribution is -2.47. The monoisotopic (exact) mass is 395 g/mol. The summed E-state index contributed by atoms with van der Waals surface area (Å²) in [5.41, 5.74) is 7.89. The number of nitrogens with two attached hydrogens (primary N) is 1. The van der Waals surface area contributed by atoms with E-state index >= 15 is 0 Å². The maximum absolute atomic E-state index is 12.8. The van der Waals surface area contributed by atoms with Crippen molar-refractivity contribution in [3.63, 3.8) is 0 Å². The molecule has 3 rings (SSSR count). The molecule has 154 valence electrons. The number of benzene rings is 2. The van der Waals surface area contributed by atoms with Gasteiger partial charge in [-0.3, -0.25) is 4.79 Å². The van der Waals surface area contributed by atoms with E-state index in [1.165, 1.54) is 19.3 Å². The molecule has 0 aliphatic heterocycles. The van der Waals surface area contributed by atoms with E-state index in [0.29, 0.717) is 24.8 Å². The van der Waals surface area contributed by atoms with E-state index in [4.69, 9.17) is 10.5 Å². The van der Waals surface area contributed by atoms with Gasteiger partial charge in [0, 0.05) is 12.1 Å². The van der Waals surface area contributed by atoms with Crippen molar-refractivity contribution in [2.24, 2.45) is 5.73 Å². The number of primary amides is 1. The molecule has 0 saturated heterocycles. The molecule has 29 heavy (non-hydrogen) atoms. The fourth-order valence-corrected chi connectivity index (χ4v) is 3.64. The van der Waals surface area contributed by atoms with E-state index in [1.807, 2.05) is 54.6 Å². The van der Waals surface area contributed by atoms with E-state index in [1.54, 1.807) is 0 Å². The standard InChI is InChI=1S/C23H29N3O3/c24-23(28)26-21(15-17-8-3-1-4-9-17)22(27)25-19-11-7-10-18(14-19)16-29-20-12-5-2-6-13-20/h1,3-4,7-11,14,20-21H,2,5-6,12-13,15-16H2,(H,25,27)(H3,24,26,28). The number of hydrogen-bond donors (Lipinski definition) is 3. The van der Waals surface area contributed by atoms with Gasteiger partial charge in [-0.2, -0.15) is 0 Å². The molecule has 6 heteroatoms. The predicted molar refractivity (Wildman–Crippen MR) is 113 cm³/mol. The molecule has 1 fully saturated rings. The highest BCUT2D eigenvalue weighted by Gasteiger charge is 2.20. The minimum atomic E-state index is -0.753. The van der Waals surface area contributed by atoms with Gasteiger partial charge >= 0.3 is 6.03 Å². The van der Waals surface area contributed by atoms with Gasteiger partial charge in [-0.1, -0.05) is 61.7 Å². The number of ether oxygens (including phenoxy) is 1. The molecule has 4 N–H and O–H groups in total. The van der Waals surface area contributed by atoms with E-state index in [0.717, 1.165) is 24.0 Å². The zero-order valence-corrected chi connectivity index (χ0v) is 16.6. The van der Waals surface area contributed by atoms with Crippen molar-refractivity contribution in [3.8, 4) is 0 Å². The van der Waals surface area contributed by atoms with Crippen LogP contribution in [0.3, 0.4) is 0 Å². The van der Waals surface area contributed by atoms with Crippen LogP contribution in [0.1, 0.15) is 43.2 Å². The number of carbonyl (C=O) groups is 2. The third kappa shape index (κ3) is 6.91. The fraction of sp³-hybridized carbons (Fsp3) is 0.391. The minimum Gasteiger partial charge on any atom is -0.374 e. The summed E-state index contributed by atoms with van der Waals surface area (Å²) in [5.74, 6) is -0.307. The number of rotatable bonds is 8. The van der Waals surface area contributed by atoms with Crippen molar-refractivity contribution < 1.29 is 14.3 Å². The van der Waals surface area contributed by atoms with Crippen LogP contribution in [-0.4, -0.2) is 24.1 Å². The maximum atomic E-state index is 12.8. The van der Waals surface area contributed by atoms with Crippen molar-refractivity contribution >= 4 is 17.6 Å². The molecule has 0 bridgehead atoms. The van der Waals surface area contributed by atoms with Crippen LogP contribution < -0.4 is 16.4 Å². The van der Waals surface area contributed by atoms with Gasteiger partial charge in [0.2, 0.25) is 5.91 Å². The molecule has 0 heterocycles. The van der Waals surface area contributed by atoms with Crippen molar-refractivity contribution in [1.82, 2.24) is 5.32 Å². The van der Waals surface area contributed by atoms with Crippen LogP contribution in [0.25, 0.3) is 0 Å². The predicted octanol–water partition coefficient (Wildman–Crippen LogP) is 3.75. The van der Waals surface area contributed by atoms with E-state index in [9.17, 15) is 9.59 Å². The molecular formula is C23H29N3O3. The van der Waals surface area contributed by atoms with Crippen molar-refractivity contribution in [2.45, 2.75) is 57.3 Å². The summed E-state index contributed by atoms with van der Waals surface area (Å²) in [7, 11) is 0. The molecule has 1 atom stereocenters. The Balaban J connectivity index is 1.60. The second-order valence-corrected chi connectivity index (χ2v) is 7.51. The molecule has 0 radical (unpaired) electrons. The first-order valence-corrected chi connectivity index (χ1v) is 10.2. The summed E-state index contributed by atoms with van der Waals surface area (Å²) in [6, 6.07) is 15.6. The Bertz CT molecular complexity index is 804. The Hall–Kier alpha value is -2.86. The first-order valence-electron chi connectivity index (χ1n) is 10.2. The van der Waals surface area contributed by atoms with Crippen LogP contribution in [0, 0.1) is 0 Å². The molecular weight excluding hydrogens is 366 g/mol. The van der Waals surface area contributed by atoms with E-state index in [2.05, 4.69) is 10.6 Å². The third-order valence-electron chi connectivity index (χ3n) is 5.15. The van der Waals surface area contributed by atoms with Gasteiger partial charge in [0.25, 0.3) is 0 Å². The smallest absolute Gasteiger partial charge is 0.312 e. The zero-order valence-electron chi connectivity index (χ0n) is 16.6. The number of urea groups is 1. The zero-order chi connectivity index (χ0) is 20.5. The summed E-state index contributed by atoms with van der Waals surface area (Å²) < 4.78 is 6.02. The van der Waals surface area contributed by atoms with Crippen LogP contribution in [0.15, 0.2) is 54.6 Å². The highest BCUT2D eigenvalue weighted by Crippen LogP contribution is 2.22. The molecule has 0 aromatic heterocycles. The maximum Gasteiger partial charge on any atom is 0.312 e. The van der Waals surface area contributed by atoms with E-state index in [-0.39, 0.29) is 5.91 Å². The highest BCUT2D eigenvalue weighted by atomic mass is 16.5. The number of hydrogen-bond acceptors (Lipinski definition) is 3. The Labute approximate surface area is 171 Å². The lowest BCUT2D eigenvalue weighted by molar-refractivity contribution is -0.117. The second-order valence-electron chi connectivity index (χ2n) is 7.51. The third-order valence-corrected chi connectivity index (χ3v) is 5.15. The van der Waals surface area contributed by atoms with Gasteiger partial charge < -0.3 is 21.1 Å². The summed E-state index contributed by atoms with van der Waals surface area (Å²) in [5, 5.41) is 5.41. The summed E-state index contributed by atoms with van der Waals surface area (Å²) in [6.07, 6.45) is 6.70. The summed E-state index contributed by atoms with van der Waals surface area (Å²) in [6.45, 7) is 0.529. The Morgan fingerprint density at radius 3 is 2.45 bits per heavy atom. The molecule has 6 nitrogen and oxygen atoms in total. The van der Waals surface area contributed by atoms with Gasteiger partial charge in [0.15, 0.2) is 0 Å². The van der Waals surface area contributed by atoms with Gasteiger partial charge in [-0.15, -0.1) is 0 Å². The summed E-state index contributed by atoms with van der Waals surface area (Å²) in [4.78, 5) is 24.1. The minimum absolute atomic E-state index is 0.307. The van der Waals surface area contributed by atoms with Crippen LogP contribution >= 0.6 is 0 Å². The van der Waals surface area contributed by atoms with Crippen LogP contribution in [0.5, 0.6) is 0 Å². The van der Waals surface area contributed by atoms with Crippen molar-refractivity contribution in [1.29, 1.82) is 0 Å². The normalized spacial score (nSPS) is 15.4. The average Bonchev–Trinajstić information content (AvgIpc) is 2.73. The van der Waals surface area contributed by atoms with Gasteiger partial charge in [-0.25, -0.2) is 4.79 Å². The molecule has 3 amide bonds. The Kier molecular flexibility index (Phi) is 7.64. The van der Waals surface area contributed by atoms with Crippen molar-refractivity contribution in [3.05, 3.63) is 65.7 Å². The molecule has 2 aromatic carbocycles. The molecule has 1 aliphatic rings. The number of amides is 3. The SMILES string of the molecule is NC(=O)NC(Cc1ccccc1)C(=O)Nc1cccc(COC2CCCCC2)c1. The lowest BCUT2D eigenvalue weighted by Gasteiger charge is -2.22. The average molecular weight is 396 g/mol. The summed E-state index contributed by atoms with van der Waals surface area (Å²) >= 11 is 0. The van der Waals surface area contributed by atoms with E-state index < -0.39 is 12.1 Å². The van der Waals surface area contributed by atoms with Crippen LogP contribution in [0.4, 0.5) is 10.5 Å². The Morgan fingerprint density at radius 1 is 1.00 bits per heavy atom.